The van der Waals surface area contributed by atoms with Crippen molar-refractivity contribution in [2.75, 3.05) is 12.3 Å². The molecule has 15 nitrogen and oxygen atoms in total. The van der Waals surface area contributed by atoms with Crippen molar-refractivity contribution < 1.29 is 43.4 Å². The number of anilines is 1. The van der Waals surface area contributed by atoms with Crippen LogP contribution in [-0.2, 0) is 23.1 Å². The molecule has 7 N–H and O–H groups in total. The van der Waals surface area contributed by atoms with Gasteiger partial charge in [-0.25, -0.2) is 19.7 Å². The van der Waals surface area contributed by atoms with Gasteiger partial charge in [-0.15, -0.1) is 0 Å². The minimum Gasteiger partial charge on any atom is -0.746 e. The van der Waals surface area contributed by atoms with E-state index in [9.17, 15) is 29.6 Å². The van der Waals surface area contributed by atoms with Crippen LogP contribution >= 0.6 is 7.82 Å². The highest BCUT2D eigenvalue weighted by atomic mass is 31.2. The van der Waals surface area contributed by atoms with Crippen molar-refractivity contribution >= 4 is 30.8 Å². The number of fused-ring (bicyclic) bond motifs is 1. The summed E-state index contributed by atoms with van der Waals surface area (Å²) in [6.45, 7) is 0.390. The van der Waals surface area contributed by atoms with E-state index in [-0.39, 0.29) is 17.0 Å². The van der Waals surface area contributed by atoms with Gasteiger partial charge in [0.2, 0.25) is 0 Å². The summed E-state index contributed by atoms with van der Waals surface area (Å²) < 4.78 is 27.3. The lowest BCUT2D eigenvalue weighted by Crippen LogP contribution is -2.41. The van der Waals surface area contributed by atoms with Crippen molar-refractivity contribution in [1.29, 1.82) is 0 Å². The maximum Gasteiger partial charge on any atom is 0.331 e. The number of carbonyl (C=O) groups excluding carboxylic acids is 1. The number of phosphoric ester groups is 1. The highest BCUT2D eigenvalue weighted by Crippen LogP contribution is 2.41. The number of carbonyl (C=O) groups is 1. The minimum atomic E-state index is -5.19. The molecule has 0 saturated carbocycles. The molecular weight excluding hydrogens is 427 g/mol. The zero-order chi connectivity index (χ0) is 22.2. The summed E-state index contributed by atoms with van der Waals surface area (Å²) in [5, 5.41) is 29.7. The molecule has 1 unspecified atom stereocenters. The number of imidazole rings is 1. The van der Waals surface area contributed by atoms with Gasteiger partial charge in [0.1, 0.15) is 36.2 Å². The topological polar surface area (TPSA) is 241 Å². The molecule has 1 fully saturated rings. The number of phosphoric acid groups is 1. The molecule has 0 amide bonds. The predicted molar refractivity (Wildman–Crippen MR) is 95.0 cm³/mol. The molecule has 7 atom stereocenters. The van der Waals surface area contributed by atoms with E-state index in [0.717, 1.165) is 0 Å². The third-order valence-corrected chi connectivity index (χ3v) is 5.26. The third kappa shape index (κ3) is 4.43. The fourth-order valence-corrected chi connectivity index (χ4v) is 3.44. The molecule has 2 aromatic heterocycles. The molecule has 0 aliphatic carbocycles. The van der Waals surface area contributed by atoms with Crippen molar-refractivity contribution in [2.45, 2.75) is 43.6 Å². The SMILES string of the molecule is C[C@@H](O)[C@H](N)C(=O)OP(=O)([O-])OC[C@H]1O[C@@H](n2cnc3c(N)ncnc32)[C@H](O)[C@@H]1O. The monoisotopic (exact) mass is 447 g/mol. The van der Waals surface area contributed by atoms with Crippen molar-refractivity contribution in [3.63, 3.8) is 0 Å². The molecule has 3 heterocycles. The second kappa shape index (κ2) is 8.49. The second-order valence-corrected chi connectivity index (χ2v) is 7.88. The van der Waals surface area contributed by atoms with Crippen LogP contribution in [0.25, 0.3) is 11.2 Å². The zero-order valence-corrected chi connectivity index (χ0v) is 16.4. The molecule has 166 valence electrons. The van der Waals surface area contributed by atoms with Crippen LogP contribution < -0.4 is 16.4 Å². The lowest BCUT2D eigenvalue weighted by Gasteiger charge is -2.26. The maximum absolute atomic E-state index is 11.8. The van der Waals surface area contributed by atoms with Gasteiger partial charge in [-0.05, 0) is 6.92 Å². The molecule has 1 aliphatic heterocycles. The van der Waals surface area contributed by atoms with E-state index in [0.29, 0.717) is 0 Å². The summed E-state index contributed by atoms with van der Waals surface area (Å²) in [6.07, 6.45) is -4.47. The smallest absolute Gasteiger partial charge is 0.331 e. The van der Waals surface area contributed by atoms with Crippen molar-refractivity contribution in [1.82, 2.24) is 19.5 Å². The number of rotatable bonds is 7. The molecule has 2 aromatic rings. The summed E-state index contributed by atoms with van der Waals surface area (Å²) in [4.78, 5) is 35.2. The number of nitrogens with two attached hydrogens (primary N) is 2. The van der Waals surface area contributed by atoms with Crippen LogP contribution in [0.4, 0.5) is 5.82 Å². The van der Waals surface area contributed by atoms with E-state index in [1.54, 1.807) is 0 Å². The molecule has 0 bridgehead atoms. The maximum atomic E-state index is 11.8. The van der Waals surface area contributed by atoms with E-state index < -0.39 is 57.1 Å². The lowest BCUT2D eigenvalue weighted by atomic mass is 10.1. The number of aromatic nitrogens is 4. The van der Waals surface area contributed by atoms with E-state index in [2.05, 4.69) is 24.0 Å². The van der Waals surface area contributed by atoms with Gasteiger partial charge in [0.15, 0.2) is 17.7 Å². The van der Waals surface area contributed by atoms with E-state index in [1.165, 1.54) is 24.1 Å². The number of aliphatic hydroxyl groups is 3. The van der Waals surface area contributed by atoms with Gasteiger partial charge >= 0.3 is 13.8 Å². The first kappa shape index (κ1) is 22.5. The minimum absolute atomic E-state index is 0.0937. The van der Waals surface area contributed by atoms with Gasteiger partial charge < -0.3 is 45.5 Å². The Morgan fingerprint density at radius 2 is 2.10 bits per heavy atom. The molecule has 3 rings (SSSR count). The molecule has 0 spiro atoms. The van der Waals surface area contributed by atoms with Gasteiger partial charge in [-0.2, -0.15) is 0 Å². The number of nitrogens with zero attached hydrogens (tertiary/aromatic N) is 4. The Hall–Kier alpha value is -2.23. The Balaban J connectivity index is 1.67. The summed E-state index contributed by atoms with van der Waals surface area (Å²) >= 11 is 0. The molecule has 1 aliphatic rings. The van der Waals surface area contributed by atoms with Crippen molar-refractivity contribution in [3.8, 4) is 0 Å². The number of hydrogen-bond acceptors (Lipinski definition) is 14. The number of aliphatic hydroxyl groups excluding tert-OH is 3. The van der Waals surface area contributed by atoms with Gasteiger partial charge in [0, 0.05) is 0 Å². The molecule has 1 saturated heterocycles. The number of hydrogen-bond donors (Lipinski definition) is 5. The molecule has 30 heavy (non-hydrogen) atoms. The first-order chi connectivity index (χ1) is 14.0. The molecule has 0 aromatic carbocycles. The van der Waals surface area contributed by atoms with Gasteiger partial charge in [0.05, 0.1) is 19.0 Å². The summed E-state index contributed by atoms with van der Waals surface area (Å²) in [5.74, 6) is -1.33. The summed E-state index contributed by atoms with van der Waals surface area (Å²) in [6, 6.07) is -1.60. The van der Waals surface area contributed by atoms with Gasteiger partial charge in [-0.1, -0.05) is 0 Å². The lowest BCUT2D eigenvalue weighted by molar-refractivity contribution is -0.228. The van der Waals surface area contributed by atoms with E-state index in [4.69, 9.17) is 16.2 Å². The average Bonchev–Trinajstić information content (AvgIpc) is 3.22. The highest BCUT2D eigenvalue weighted by molar-refractivity contribution is 7.46. The average molecular weight is 447 g/mol. The van der Waals surface area contributed by atoms with Crippen molar-refractivity contribution in [2.24, 2.45) is 5.73 Å². The number of ether oxygens (including phenoxy) is 1. The molecule has 16 heteroatoms. The summed E-state index contributed by atoms with van der Waals surface area (Å²) in [5.41, 5.74) is 11.5. The van der Waals surface area contributed by atoms with Crippen molar-refractivity contribution in [3.05, 3.63) is 12.7 Å². The highest BCUT2D eigenvalue weighted by Gasteiger charge is 2.45. The van der Waals surface area contributed by atoms with Gasteiger partial charge in [0.25, 0.3) is 0 Å². The van der Waals surface area contributed by atoms with E-state index in [1.807, 2.05) is 0 Å². The Bertz CT molecular complexity index is 971. The normalized spacial score (nSPS) is 28.2. The van der Waals surface area contributed by atoms with Crippen LogP contribution in [0.3, 0.4) is 0 Å². The van der Waals surface area contributed by atoms with Crippen LogP contribution in [0, 0.1) is 0 Å². The van der Waals surface area contributed by atoms with Crippen LogP contribution in [0.1, 0.15) is 13.2 Å². The fourth-order valence-electron chi connectivity index (χ4n) is 2.71. The fraction of sp³-hybridized carbons (Fsp3) is 0.571. The zero-order valence-electron chi connectivity index (χ0n) is 15.5. The molecular formula is C14H20N6O9P-. The van der Waals surface area contributed by atoms with Crippen LogP contribution in [0.15, 0.2) is 12.7 Å². The van der Waals surface area contributed by atoms with Crippen LogP contribution in [-0.4, -0.2) is 77.9 Å². The standard InChI is InChI=1S/C14H21N6O9P/c1-5(21)7(15)14(24)29-30(25,26)27-2-6-9(22)10(23)13(28-6)20-4-19-8-11(16)17-3-18-12(8)20/h3-7,9-10,13,21-23H,2,15H2,1H3,(H,25,26)(H2,16,17,18)/p-1/t5-,6-,7+,9-,10-,13-/m1/s1. The van der Waals surface area contributed by atoms with Gasteiger partial charge in [-0.3, -0.25) is 9.13 Å². The summed E-state index contributed by atoms with van der Waals surface area (Å²) in [7, 11) is -5.19. The Morgan fingerprint density at radius 3 is 2.77 bits per heavy atom. The first-order valence-corrected chi connectivity index (χ1v) is 10.0. The predicted octanol–water partition coefficient (Wildman–Crippen LogP) is -3.24. The Labute approximate surface area is 168 Å². The number of nitrogen functional groups attached to an aromatic ring is 1. The van der Waals surface area contributed by atoms with E-state index >= 15 is 0 Å². The first-order valence-electron chi connectivity index (χ1n) is 8.59. The van der Waals surface area contributed by atoms with Crippen LogP contribution in [0.2, 0.25) is 0 Å². The van der Waals surface area contributed by atoms with Crippen LogP contribution in [0.5, 0.6) is 0 Å². The third-order valence-electron chi connectivity index (χ3n) is 4.39. The Morgan fingerprint density at radius 1 is 1.40 bits per heavy atom. The quantitative estimate of drug-likeness (QED) is 0.262. The Kier molecular flexibility index (Phi) is 6.35. The second-order valence-electron chi connectivity index (χ2n) is 6.55. The molecule has 0 radical (unpaired) electrons. The largest absolute Gasteiger partial charge is 0.746 e.